The Morgan fingerprint density at radius 3 is 2.72 bits per heavy atom. The Kier molecular flexibility index (Phi) is 6.98. The first-order valence-corrected chi connectivity index (χ1v) is 10.8. The van der Waals surface area contributed by atoms with Crippen molar-refractivity contribution in [2.45, 2.75) is 52.4 Å². The van der Waals surface area contributed by atoms with Crippen molar-refractivity contribution in [2.75, 3.05) is 12.3 Å². The predicted octanol–water partition coefficient (Wildman–Crippen LogP) is 3.69. The van der Waals surface area contributed by atoms with Crippen molar-refractivity contribution in [1.29, 1.82) is 0 Å². The standard InChI is InChI=1S/C21H26N4O3S/c1-3-5-6-7-8-9-18-24-25-19(22)15(20(27)23-21(25)29-18)12-14-10-11-16(26)17(13-14)28-4-2/h10-13H,3-9,22H2,1-2H3/b14-12-. The van der Waals surface area contributed by atoms with Crippen LogP contribution in [-0.2, 0) is 16.0 Å². The topological polar surface area (TPSA) is 99.6 Å². The lowest BCUT2D eigenvalue weighted by Crippen LogP contribution is -2.17. The number of nitrogens with two attached hydrogens (primary N) is 1. The Labute approximate surface area is 173 Å². The van der Waals surface area contributed by atoms with Crippen molar-refractivity contribution in [3.63, 3.8) is 0 Å². The lowest BCUT2D eigenvalue weighted by atomic mass is 10.0. The Balaban J connectivity index is 1.87. The summed E-state index contributed by atoms with van der Waals surface area (Å²) in [5.41, 5.74) is 6.73. The molecule has 1 aliphatic carbocycles. The minimum atomic E-state index is -0.412. The second kappa shape index (κ2) is 9.65. The molecule has 154 valence electrons. The highest BCUT2D eigenvalue weighted by Crippen LogP contribution is 2.22. The summed E-state index contributed by atoms with van der Waals surface area (Å²) in [6.07, 6.45) is 13.0. The second-order valence-corrected chi connectivity index (χ2v) is 7.89. The molecule has 0 radical (unpaired) electrons. The molecule has 2 aromatic rings. The number of carbonyl (C=O) groups excluding carboxylic acids is 1. The fourth-order valence-electron chi connectivity index (χ4n) is 3.09. The lowest BCUT2D eigenvalue weighted by Gasteiger charge is -2.10. The average Bonchev–Trinajstić information content (AvgIpc) is 3.10. The molecule has 8 heteroatoms. The van der Waals surface area contributed by atoms with Gasteiger partial charge in [0.15, 0.2) is 5.76 Å². The molecule has 2 aromatic heterocycles. The molecule has 0 saturated carbocycles. The Bertz CT molecular complexity index is 1050. The fourth-order valence-corrected chi connectivity index (χ4v) is 4.02. The van der Waals surface area contributed by atoms with E-state index in [0.717, 1.165) is 17.8 Å². The van der Waals surface area contributed by atoms with Crippen LogP contribution in [0, 0.1) is 0 Å². The molecule has 0 fully saturated rings. The minimum absolute atomic E-state index is 0.203. The van der Waals surface area contributed by atoms with Crippen molar-refractivity contribution >= 4 is 34.0 Å². The zero-order chi connectivity index (χ0) is 20.8. The summed E-state index contributed by atoms with van der Waals surface area (Å²) in [7, 11) is 0. The maximum absolute atomic E-state index is 12.5. The van der Waals surface area contributed by atoms with Crippen LogP contribution in [0.1, 0.15) is 56.5 Å². The highest BCUT2D eigenvalue weighted by molar-refractivity contribution is 7.16. The third-order valence-electron chi connectivity index (χ3n) is 4.61. The first-order chi connectivity index (χ1) is 14.0. The lowest BCUT2D eigenvalue weighted by molar-refractivity contribution is -0.114. The number of aryl methyl sites for hydroxylation is 1. The van der Waals surface area contributed by atoms with Crippen LogP contribution in [0.5, 0.6) is 0 Å². The van der Waals surface area contributed by atoms with Crippen molar-refractivity contribution in [3.05, 3.63) is 50.5 Å². The van der Waals surface area contributed by atoms with Crippen LogP contribution in [0.2, 0.25) is 0 Å². The molecule has 0 spiro atoms. The Hall–Kier alpha value is -2.74. The van der Waals surface area contributed by atoms with Gasteiger partial charge in [0, 0.05) is 6.42 Å². The van der Waals surface area contributed by atoms with E-state index in [1.807, 2.05) is 6.92 Å². The highest BCUT2D eigenvalue weighted by atomic mass is 32.1. The first kappa shape index (κ1) is 21.0. The smallest absolute Gasteiger partial charge is 0.283 e. The molecule has 2 heterocycles. The molecule has 1 aliphatic rings. The SMILES string of the molecule is CCCCCCCc1nn2c(N)c(/C=C3/C=CC(=O)C(OCC)=C3)c(=O)nc2s1. The maximum atomic E-state index is 12.5. The molecular weight excluding hydrogens is 388 g/mol. The molecule has 0 bridgehead atoms. The largest absolute Gasteiger partial charge is 0.490 e. The number of hydrogen-bond acceptors (Lipinski definition) is 7. The van der Waals surface area contributed by atoms with Gasteiger partial charge in [-0.2, -0.15) is 14.6 Å². The van der Waals surface area contributed by atoms with Gasteiger partial charge in [-0.15, -0.1) is 0 Å². The van der Waals surface area contributed by atoms with E-state index in [9.17, 15) is 9.59 Å². The molecule has 29 heavy (non-hydrogen) atoms. The van der Waals surface area contributed by atoms with Crippen molar-refractivity contribution in [3.8, 4) is 0 Å². The number of fused-ring (bicyclic) bond motifs is 1. The number of carbonyl (C=O) groups is 1. The van der Waals surface area contributed by atoms with Gasteiger partial charge in [0.2, 0.25) is 10.7 Å². The molecule has 7 nitrogen and oxygen atoms in total. The summed E-state index contributed by atoms with van der Waals surface area (Å²) in [4.78, 5) is 29.0. The van der Waals surface area contributed by atoms with Gasteiger partial charge in [-0.1, -0.05) is 50.0 Å². The monoisotopic (exact) mass is 414 g/mol. The van der Waals surface area contributed by atoms with Crippen molar-refractivity contribution in [1.82, 2.24) is 14.6 Å². The van der Waals surface area contributed by atoms with Crippen LogP contribution in [-0.4, -0.2) is 27.0 Å². The van der Waals surface area contributed by atoms with Gasteiger partial charge >= 0.3 is 0 Å². The number of allylic oxidation sites excluding steroid dienone is 4. The summed E-state index contributed by atoms with van der Waals surface area (Å²) in [5.74, 6) is 0.288. The van der Waals surface area contributed by atoms with Gasteiger partial charge in [-0.05, 0) is 37.1 Å². The second-order valence-electron chi connectivity index (χ2n) is 6.85. The molecule has 2 N–H and O–H groups in total. The normalized spacial score (nSPS) is 15.3. The molecule has 0 unspecified atom stereocenters. The quantitative estimate of drug-likeness (QED) is 0.628. The molecule has 0 saturated heterocycles. The first-order valence-electron chi connectivity index (χ1n) is 10.00. The zero-order valence-electron chi connectivity index (χ0n) is 16.8. The molecule has 0 amide bonds. The Morgan fingerprint density at radius 1 is 1.17 bits per heavy atom. The van der Waals surface area contributed by atoms with E-state index in [2.05, 4.69) is 17.0 Å². The van der Waals surface area contributed by atoms with Crippen LogP contribution in [0.25, 0.3) is 11.0 Å². The summed E-state index contributed by atoms with van der Waals surface area (Å²) >= 11 is 1.40. The van der Waals surface area contributed by atoms with Gasteiger partial charge < -0.3 is 10.5 Å². The van der Waals surface area contributed by atoms with E-state index in [-0.39, 0.29) is 22.9 Å². The van der Waals surface area contributed by atoms with E-state index >= 15 is 0 Å². The predicted molar refractivity (Wildman–Crippen MR) is 116 cm³/mol. The van der Waals surface area contributed by atoms with E-state index < -0.39 is 5.56 Å². The number of ketones is 1. The number of hydrogen-bond donors (Lipinski definition) is 1. The zero-order valence-corrected chi connectivity index (χ0v) is 17.6. The Morgan fingerprint density at radius 2 is 1.97 bits per heavy atom. The molecule has 3 rings (SSSR count). The molecule has 0 aromatic carbocycles. The summed E-state index contributed by atoms with van der Waals surface area (Å²) in [6.45, 7) is 4.39. The summed E-state index contributed by atoms with van der Waals surface area (Å²) in [5, 5.41) is 5.47. The number of nitrogen functional groups attached to an aromatic ring is 1. The minimum Gasteiger partial charge on any atom is -0.490 e. The van der Waals surface area contributed by atoms with Gasteiger partial charge in [-0.3, -0.25) is 9.59 Å². The van der Waals surface area contributed by atoms with Crippen molar-refractivity contribution in [2.24, 2.45) is 0 Å². The molecule has 0 atom stereocenters. The van der Waals surface area contributed by atoms with Crippen molar-refractivity contribution < 1.29 is 9.53 Å². The third-order valence-corrected chi connectivity index (χ3v) is 5.57. The average molecular weight is 415 g/mol. The van der Waals surface area contributed by atoms with Gasteiger partial charge in [0.25, 0.3) is 5.56 Å². The van der Waals surface area contributed by atoms with Crippen LogP contribution in [0.3, 0.4) is 0 Å². The number of rotatable bonds is 9. The van der Waals surface area contributed by atoms with E-state index in [1.165, 1.54) is 47.6 Å². The van der Waals surface area contributed by atoms with E-state index in [0.29, 0.717) is 17.1 Å². The number of anilines is 1. The molecule has 0 aliphatic heterocycles. The number of aromatic nitrogens is 3. The maximum Gasteiger partial charge on any atom is 0.283 e. The number of nitrogens with zero attached hydrogens (tertiary/aromatic N) is 3. The summed E-state index contributed by atoms with van der Waals surface area (Å²) < 4.78 is 6.87. The van der Waals surface area contributed by atoms with Crippen LogP contribution in [0.15, 0.2) is 34.4 Å². The third kappa shape index (κ3) is 5.00. The molecular formula is C21H26N4O3S. The van der Waals surface area contributed by atoms with Gasteiger partial charge in [0.05, 0.1) is 12.2 Å². The fraction of sp³-hybridized carbons (Fsp3) is 0.429. The van der Waals surface area contributed by atoms with Crippen LogP contribution in [0.4, 0.5) is 5.82 Å². The van der Waals surface area contributed by atoms with Crippen LogP contribution < -0.4 is 11.3 Å². The van der Waals surface area contributed by atoms with Gasteiger partial charge in [0.1, 0.15) is 10.8 Å². The van der Waals surface area contributed by atoms with Crippen LogP contribution >= 0.6 is 11.3 Å². The van der Waals surface area contributed by atoms with E-state index in [4.69, 9.17) is 10.5 Å². The number of ether oxygens (including phenoxy) is 1. The highest BCUT2D eigenvalue weighted by Gasteiger charge is 2.16. The van der Waals surface area contributed by atoms with Gasteiger partial charge in [-0.25, -0.2) is 0 Å². The van der Waals surface area contributed by atoms with E-state index in [1.54, 1.807) is 18.2 Å². The number of unbranched alkanes of at least 4 members (excludes halogenated alkanes) is 4. The summed E-state index contributed by atoms with van der Waals surface area (Å²) in [6, 6.07) is 0.